The van der Waals surface area contributed by atoms with Gasteiger partial charge in [0, 0.05) is 11.8 Å². The molecular weight excluding hydrogens is 266 g/mol. The lowest BCUT2D eigenvalue weighted by Gasteiger charge is -2.20. The molecule has 1 aromatic carbocycles. The summed E-state index contributed by atoms with van der Waals surface area (Å²) < 4.78 is 0. The normalized spacial score (nSPS) is 20.3. The Bertz CT molecular complexity index is 753. The molecule has 21 heavy (non-hydrogen) atoms. The number of benzene rings is 1. The lowest BCUT2D eigenvalue weighted by atomic mass is 9.83. The van der Waals surface area contributed by atoms with Crippen molar-refractivity contribution in [3.63, 3.8) is 0 Å². The molecule has 106 valence electrons. The number of anilines is 1. The SMILES string of the molecule is Cc1cccc(N2C(=O)C(C)(C)C3=CC(=O)C(=O)C=C32)c1. The summed E-state index contributed by atoms with van der Waals surface area (Å²) in [5.41, 5.74) is 2.05. The van der Waals surface area contributed by atoms with E-state index in [4.69, 9.17) is 0 Å². The van der Waals surface area contributed by atoms with Gasteiger partial charge in [0.05, 0.1) is 11.1 Å². The van der Waals surface area contributed by atoms with Crippen molar-refractivity contribution in [2.45, 2.75) is 20.8 Å². The number of allylic oxidation sites excluding steroid dienone is 3. The van der Waals surface area contributed by atoms with Gasteiger partial charge in [-0.1, -0.05) is 12.1 Å². The molecule has 2 aliphatic rings. The van der Waals surface area contributed by atoms with E-state index in [0.29, 0.717) is 17.0 Å². The molecular formula is C17H15NO3. The number of carbonyl (C=O) groups excluding carboxylic acids is 3. The van der Waals surface area contributed by atoms with E-state index in [1.807, 2.05) is 31.2 Å². The van der Waals surface area contributed by atoms with Crippen LogP contribution in [0.15, 0.2) is 47.7 Å². The van der Waals surface area contributed by atoms with Crippen molar-refractivity contribution in [1.82, 2.24) is 0 Å². The number of hydrogen-bond acceptors (Lipinski definition) is 3. The maximum Gasteiger partial charge on any atom is 0.241 e. The molecule has 0 bridgehead atoms. The molecule has 1 aliphatic carbocycles. The number of amides is 1. The second kappa shape index (κ2) is 4.25. The summed E-state index contributed by atoms with van der Waals surface area (Å²) in [6, 6.07) is 7.52. The molecule has 0 radical (unpaired) electrons. The van der Waals surface area contributed by atoms with Crippen LogP contribution in [0.5, 0.6) is 0 Å². The van der Waals surface area contributed by atoms with Gasteiger partial charge in [-0.25, -0.2) is 0 Å². The van der Waals surface area contributed by atoms with Gasteiger partial charge in [0.2, 0.25) is 17.5 Å². The number of ketones is 2. The molecule has 4 heteroatoms. The molecule has 0 spiro atoms. The van der Waals surface area contributed by atoms with Crippen LogP contribution in [0, 0.1) is 12.3 Å². The Balaban J connectivity index is 2.21. The highest BCUT2D eigenvalue weighted by Crippen LogP contribution is 2.46. The standard InChI is InChI=1S/C17H15NO3/c1-10-5-4-6-11(7-10)18-13-9-15(20)14(19)8-12(13)17(2,3)16(18)21/h4-9H,1-3H3. The zero-order valence-corrected chi connectivity index (χ0v) is 12.1. The first-order valence-electron chi connectivity index (χ1n) is 6.76. The van der Waals surface area contributed by atoms with E-state index in [2.05, 4.69) is 0 Å². The van der Waals surface area contributed by atoms with Crippen molar-refractivity contribution < 1.29 is 14.4 Å². The molecule has 1 aromatic rings. The quantitative estimate of drug-likeness (QED) is 0.586. The highest BCUT2D eigenvalue weighted by molar-refractivity contribution is 6.47. The second-order valence-corrected chi connectivity index (χ2v) is 5.92. The maximum absolute atomic E-state index is 12.7. The minimum Gasteiger partial charge on any atom is -0.286 e. The molecule has 0 saturated carbocycles. The van der Waals surface area contributed by atoms with E-state index in [1.165, 1.54) is 17.1 Å². The van der Waals surface area contributed by atoms with Crippen LogP contribution in [0.2, 0.25) is 0 Å². The van der Waals surface area contributed by atoms with Gasteiger partial charge in [-0.3, -0.25) is 19.3 Å². The first-order chi connectivity index (χ1) is 9.82. The number of rotatable bonds is 1. The van der Waals surface area contributed by atoms with Crippen LogP contribution < -0.4 is 4.90 Å². The molecule has 0 aromatic heterocycles. The highest BCUT2D eigenvalue weighted by Gasteiger charge is 2.49. The summed E-state index contributed by atoms with van der Waals surface area (Å²) >= 11 is 0. The van der Waals surface area contributed by atoms with Crippen LogP contribution in [-0.2, 0) is 14.4 Å². The predicted molar refractivity (Wildman–Crippen MR) is 78.6 cm³/mol. The van der Waals surface area contributed by atoms with E-state index in [-0.39, 0.29) is 5.91 Å². The fourth-order valence-corrected chi connectivity index (χ4v) is 2.76. The van der Waals surface area contributed by atoms with Crippen LogP contribution in [0.1, 0.15) is 19.4 Å². The van der Waals surface area contributed by atoms with E-state index in [1.54, 1.807) is 13.8 Å². The van der Waals surface area contributed by atoms with Gasteiger partial charge in [0.25, 0.3) is 0 Å². The predicted octanol–water partition coefficient (Wildman–Crippen LogP) is 2.33. The fourth-order valence-electron chi connectivity index (χ4n) is 2.76. The number of aryl methyl sites for hydroxylation is 1. The monoisotopic (exact) mass is 281 g/mol. The molecule has 1 aliphatic heterocycles. The lowest BCUT2D eigenvalue weighted by Crippen LogP contribution is -2.30. The molecule has 0 atom stereocenters. The Labute approximate surface area is 122 Å². The Morgan fingerprint density at radius 3 is 2.33 bits per heavy atom. The third kappa shape index (κ3) is 1.87. The second-order valence-electron chi connectivity index (χ2n) is 5.92. The molecule has 0 unspecified atom stereocenters. The number of nitrogens with zero attached hydrogens (tertiary/aromatic N) is 1. The van der Waals surface area contributed by atoms with Crippen molar-refractivity contribution in [3.8, 4) is 0 Å². The molecule has 4 nitrogen and oxygen atoms in total. The van der Waals surface area contributed by atoms with Gasteiger partial charge in [0.15, 0.2) is 0 Å². The van der Waals surface area contributed by atoms with Crippen LogP contribution >= 0.6 is 0 Å². The topological polar surface area (TPSA) is 54.5 Å². The first kappa shape index (κ1) is 13.5. The average Bonchev–Trinajstić information content (AvgIpc) is 2.59. The van der Waals surface area contributed by atoms with Crippen LogP contribution in [0.25, 0.3) is 0 Å². The largest absolute Gasteiger partial charge is 0.286 e. The Morgan fingerprint density at radius 2 is 1.67 bits per heavy atom. The summed E-state index contributed by atoms with van der Waals surface area (Å²) in [5.74, 6) is -1.29. The molecule has 0 N–H and O–H groups in total. The van der Waals surface area contributed by atoms with E-state index in [9.17, 15) is 14.4 Å². The Morgan fingerprint density at radius 1 is 1.00 bits per heavy atom. The fraction of sp³-hybridized carbons (Fsp3) is 0.235. The molecule has 1 fully saturated rings. The summed E-state index contributed by atoms with van der Waals surface area (Å²) in [6.07, 6.45) is 2.57. The third-order valence-electron chi connectivity index (χ3n) is 3.97. The lowest BCUT2D eigenvalue weighted by molar-refractivity contribution is -0.131. The minimum absolute atomic E-state index is 0.131. The Hall–Kier alpha value is -2.49. The van der Waals surface area contributed by atoms with Crippen molar-refractivity contribution in [2.24, 2.45) is 5.41 Å². The molecule has 1 amide bonds. The number of fused-ring (bicyclic) bond motifs is 1. The molecule has 1 heterocycles. The van der Waals surface area contributed by atoms with Gasteiger partial charge in [-0.15, -0.1) is 0 Å². The van der Waals surface area contributed by atoms with Crippen molar-refractivity contribution in [2.75, 3.05) is 4.90 Å². The van der Waals surface area contributed by atoms with Gasteiger partial charge >= 0.3 is 0 Å². The van der Waals surface area contributed by atoms with E-state index >= 15 is 0 Å². The zero-order valence-electron chi connectivity index (χ0n) is 12.1. The summed E-state index contributed by atoms with van der Waals surface area (Å²) in [5, 5.41) is 0. The van der Waals surface area contributed by atoms with Crippen molar-refractivity contribution >= 4 is 23.2 Å². The smallest absolute Gasteiger partial charge is 0.241 e. The summed E-state index contributed by atoms with van der Waals surface area (Å²) in [6.45, 7) is 5.48. The summed E-state index contributed by atoms with van der Waals surface area (Å²) in [7, 11) is 0. The van der Waals surface area contributed by atoms with E-state index in [0.717, 1.165) is 5.56 Å². The van der Waals surface area contributed by atoms with Crippen LogP contribution in [0.3, 0.4) is 0 Å². The third-order valence-corrected chi connectivity index (χ3v) is 3.97. The van der Waals surface area contributed by atoms with Gasteiger partial charge in [-0.05, 0) is 50.1 Å². The minimum atomic E-state index is -0.814. The zero-order chi connectivity index (χ0) is 15.4. The van der Waals surface area contributed by atoms with Crippen molar-refractivity contribution in [1.29, 1.82) is 0 Å². The van der Waals surface area contributed by atoms with Crippen LogP contribution in [-0.4, -0.2) is 17.5 Å². The Kier molecular flexibility index (Phi) is 2.73. The first-order valence-corrected chi connectivity index (χ1v) is 6.76. The number of hydrogen-bond donors (Lipinski definition) is 0. The summed E-state index contributed by atoms with van der Waals surface area (Å²) in [4.78, 5) is 37.6. The van der Waals surface area contributed by atoms with Gasteiger partial charge in [0.1, 0.15) is 0 Å². The maximum atomic E-state index is 12.7. The van der Waals surface area contributed by atoms with Crippen molar-refractivity contribution in [3.05, 3.63) is 53.3 Å². The highest BCUT2D eigenvalue weighted by atomic mass is 16.2. The van der Waals surface area contributed by atoms with E-state index < -0.39 is 17.0 Å². The molecule has 3 rings (SSSR count). The van der Waals surface area contributed by atoms with Gasteiger partial charge < -0.3 is 0 Å². The number of carbonyl (C=O) groups is 3. The molecule has 1 saturated heterocycles. The van der Waals surface area contributed by atoms with Crippen LogP contribution in [0.4, 0.5) is 5.69 Å². The van der Waals surface area contributed by atoms with Gasteiger partial charge in [-0.2, -0.15) is 0 Å². The average molecular weight is 281 g/mol.